The highest BCUT2D eigenvalue weighted by atomic mass is 16.5. The summed E-state index contributed by atoms with van der Waals surface area (Å²) in [6, 6.07) is 18.7. The molecule has 0 aromatic heterocycles. The topological polar surface area (TPSA) is 58.6 Å². The highest BCUT2D eigenvalue weighted by molar-refractivity contribution is 5.84. The van der Waals surface area contributed by atoms with Gasteiger partial charge in [0.2, 0.25) is 11.8 Å². The van der Waals surface area contributed by atoms with E-state index in [1.165, 1.54) is 18.2 Å². The van der Waals surface area contributed by atoms with E-state index in [4.69, 9.17) is 4.74 Å². The van der Waals surface area contributed by atoms with Gasteiger partial charge in [-0.25, -0.2) is 0 Å². The number of rotatable bonds is 7. The second kappa shape index (κ2) is 9.70. The molecule has 29 heavy (non-hydrogen) atoms. The largest absolute Gasteiger partial charge is 0.375 e. The molecular formula is C24H30N2O3. The minimum Gasteiger partial charge on any atom is -0.375 e. The average molecular weight is 395 g/mol. The molecule has 154 valence electrons. The first-order valence-corrected chi connectivity index (χ1v) is 10.3. The molecule has 3 rings (SSSR count). The molecule has 0 unspecified atom stereocenters. The molecule has 2 amide bonds. The summed E-state index contributed by atoms with van der Waals surface area (Å²) in [6.07, 6.45) is 2.00. The summed E-state index contributed by atoms with van der Waals surface area (Å²) in [6.45, 7) is 3.81. The third-order valence-electron chi connectivity index (χ3n) is 5.76. The number of carbonyl (C=O) groups excluding carboxylic acids is 2. The van der Waals surface area contributed by atoms with Gasteiger partial charge in [-0.1, -0.05) is 54.6 Å². The van der Waals surface area contributed by atoms with Crippen LogP contribution in [0.5, 0.6) is 0 Å². The number of nitrogens with zero attached hydrogens (tertiary/aromatic N) is 1. The first kappa shape index (κ1) is 21.1. The van der Waals surface area contributed by atoms with Gasteiger partial charge in [0.05, 0.1) is 5.41 Å². The number of hydrogen-bond acceptors (Lipinski definition) is 3. The van der Waals surface area contributed by atoms with Crippen molar-refractivity contribution in [1.82, 2.24) is 10.2 Å². The molecule has 1 heterocycles. The summed E-state index contributed by atoms with van der Waals surface area (Å²) >= 11 is 0. The summed E-state index contributed by atoms with van der Waals surface area (Å²) in [4.78, 5) is 26.9. The van der Waals surface area contributed by atoms with Gasteiger partial charge in [-0.2, -0.15) is 0 Å². The Hall–Kier alpha value is -2.66. The van der Waals surface area contributed by atoms with Crippen LogP contribution in [0.15, 0.2) is 54.6 Å². The van der Waals surface area contributed by atoms with E-state index in [0.29, 0.717) is 38.9 Å². The standard InChI is InChI=1S/C24H30N2O3/c1-3-25-23(28)24(13-15-26(16-14-24)22(27)18-29-2)17-19-9-11-21(12-10-19)20-7-5-4-6-8-20/h4-12H,3,13-18H2,1-2H3,(H,25,28). The Balaban J connectivity index is 1.75. The highest BCUT2D eigenvalue weighted by Crippen LogP contribution is 2.36. The van der Waals surface area contributed by atoms with Gasteiger partial charge < -0.3 is 15.0 Å². The second-order valence-electron chi connectivity index (χ2n) is 7.69. The SMILES string of the molecule is CCNC(=O)C1(Cc2ccc(-c3ccccc3)cc2)CCN(C(=O)COC)CC1. The third kappa shape index (κ3) is 5.04. The Kier molecular flexibility index (Phi) is 7.04. The molecule has 2 aromatic rings. The van der Waals surface area contributed by atoms with Crippen molar-refractivity contribution >= 4 is 11.8 Å². The summed E-state index contributed by atoms with van der Waals surface area (Å²) in [7, 11) is 1.53. The first-order chi connectivity index (χ1) is 14.1. The van der Waals surface area contributed by atoms with Crippen molar-refractivity contribution in [3.8, 4) is 11.1 Å². The van der Waals surface area contributed by atoms with Crippen LogP contribution >= 0.6 is 0 Å². The summed E-state index contributed by atoms with van der Waals surface area (Å²) in [5.41, 5.74) is 3.02. The lowest BCUT2D eigenvalue weighted by Gasteiger charge is -2.40. The number of piperidine rings is 1. The molecule has 1 N–H and O–H groups in total. The van der Waals surface area contributed by atoms with Gasteiger partial charge >= 0.3 is 0 Å². The predicted octanol–water partition coefficient (Wildman–Crippen LogP) is 3.29. The van der Waals surface area contributed by atoms with Crippen molar-refractivity contribution in [1.29, 1.82) is 0 Å². The lowest BCUT2D eigenvalue weighted by atomic mass is 9.72. The molecule has 0 aliphatic carbocycles. The van der Waals surface area contributed by atoms with Gasteiger partial charge in [-0.15, -0.1) is 0 Å². The number of carbonyl (C=O) groups is 2. The average Bonchev–Trinajstić information content (AvgIpc) is 2.76. The normalized spacial score (nSPS) is 15.7. The van der Waals surface area contributed by atoms with Gasteiger partial charge in [0.25, 0.3) is 0 Å². The van der Waals surface area contributed by atoms with Crippen LogP contribution in [0.4, 0.5) is 0 Å². The Labute approximate surface area is 173 Å². The molecule has 1 saturated heterocycles. The van der Waals surface area contributed by atoms with Crippen LogP contribution in [0.2, 0.25) is 0 Å². The van der Waals surface area contributed by atoms with Crippen molar-refractivity contribution in [3.63, 3.8) is 0 Å². The van der Waals surface area contributed by atoms with Crippen LogP contribution in [-0.2, 0) is 20.7 Å². The molecule has 0 radical (unpaired) electrons. The zero-order valence-electron chi connectivity index (χ0n) is 17.3. The maximum atomic E-state index is 13.0. The van der Waals surface area contributed by atoms with E-state index < -0.39 is 5.41 Å². The van der Waals surface area contributed by atoms with Crippen molar-refractivity contribution in [2.24, 2.45) is 5.41 Å². The fraction of sp³-hybridized carbons (Fsp3) is 0.417. The summed E-state index contributed by atoms with van der Waals surface area (Å²) in [5.74, 6) is 0.0789. The van der Waals surface area contributed by atoms with Crippen molar-refractivity contribution in [2.75, 3.05) is 33.4 Å². The maximum absolute atomic E-state index is 13.0. The molecule has 0 saturated carbocycles. The number of methoxy groups -OCH3 is 1. The monoisotopic (exact) mass is 394 g/mol. The summed E-state index contributed by atoms with van der Waals surface area (Å²) in [5, 5.41) is 3.02. The first-order valence-electron chi connectivity index (χ1n) is 10.3. The highest BCUT2D eigenvalue weighted by Gasteiger charge is 2.42. The zero-order chi connectivity index (χ0) is 20.7. The van der Waals surface area contributed by atoms with E-state index in [1.807, 2.05) is 25.1 Å². The van der Waals surface area contributed by atoms with Gasteiger partial charge in [-0.05, 0) is 42.9 Å². The van der Waals surface area contributed by atoms with Crippen molar-refractivity contribution in [3.05, 3.63) is 60.2 Å². The van der Waals surface area contributed by atoms with Gasteiger partial charge in [0.15, 0.2) is 0 Å². The van der Waals surface area contributed by atoms with Crippen LogP contribution in [-0.4, -0.2) is 50.1 Å². The van der Waals surface area contributed by atoms with E-state index in [0.717, 1.165) is 5.56 Å². The lowest BCUT2D eigenvalue weighted by Crippen LogP contribution is -2.51. The van der Waals surface area contributed by atoms with E-state index in [9.17, 15) is 9.59 Å². The number of benzene rings is 2. The Bertz CT molecular complexity index is 810. The van der Waals surface area contributed by atoms with Crippen LogP contribution in [0.25, 0.3) is 11.1 Å². The van der Waals surface area contributed by atoms with Crippen LogP contribution in [0, 0.1) is 5.41 Å². The molecule has 2 aromatic carbocycles. The van der Waals surface area contributed by atoms with E-state index in [1.54, 1.807) is 4.90 Å². The minimum atomic E-state index is -0.478. The van der Waals surface area contributed by atoms with E-state index >= 15 is 0 Å². The predicted molar refractivity (Wildman–Crippen MR) is 114 cm³/mol. The van der Waals surface area contributed by atoms with E-state index in [-0.39, 0.29) is 18.4 Å². The second-order valence-corrected chi connectivity index (χ2v) is 7.69. The number of hydrogen-bond donors (Lipinski definition) is 1. The molecule has 1 aliphatic rings. The lowest BCUT2D eigenvalue weighted by molar-refractivity contribution is -0.142. The van der Waals surface area contributed by atoms with Crippen molar-refractivity contribution < 1.29 is 14.3 Å². The van der Waals surface area contributed by atoms with Gasteiger partial charge in [0.1, 0.15) is 6.61 Å². The van der Waals surface area contributed by atoms with Crippen molar-refractivity contribution in [2.45, 2.75) is 26.2 Å². The fourth-order valence-corrected chi connectivity index (χ4v) is 4.07. The summed E-state index contributed by atoms with van der Waals surface area (Å²) < 4.78 is 4.97. The molecule has 5 heteroatoms. The number of likely N-dealkylation sites (tertiary alicyclic amines) is 1. The maximum Gasteiger partial charge on any atom is 0.248 e. The fourth-order valence-electron chi connectivity index (χ4n) is 4.07. The molecule has 0 spiro atoms. The van der Waals surface area contributed by atoms with Crippen LogP contribution in [0.1, 0.15) is 25.3 Å². The Morgan fingerprint density at radius 2 is 1.62 bits per heavy atom. The van der Waals surface area contributed by atoms with Gasteiger partial charge in [-0.3, -0.25) is 9.59 Å². The zero-order valence-corrected chi connectivity index (χ0v) is 17.3. The molecular weight excluding hydrogens is 364 g/mol. The molecule has 1 aliphatic heterocycles. The third-order valence-corrected chi connectivity index (χ3v) is 5.76. The van der Waals surface area contributed by atoms with Gasteiger partial charge in [0, 0.05) is 26.7 Å². The molecule has 0 atom stereocenters. The smallest absolute Gasteiger partial charge is 0.248 e. The Morgan fingerprint density at radius 3 is 2.21 bits per heavy atom. The molecule has 5 nitrogen and oxygen atoms in total. The van der Waals surface area contributed by atoms with E-state index in [2.05, 4.69) is 41.7 Å². The minimum absolute atomic E-state index is 0.00999. The molecule has 1 fully saturated rings. The van der Waals surface area contributed by atoms with Crippen LogP contribution in [0.3, 0.4) is 0 Å². The Morgan fingerprint density at radius 1 is 1.00 bits per heavy atom. The number of nitrogens with one attached hydrogen (secondary N) is 1. The number of amides is 2. The quantitative estimate of drug-likeness (QED) is 0.784. The molecule has 0 bridgehead atoms. The van der Waals surface area contributed by atoms with Crippen LogP contribution < -0.4 is 5.32 Å². The number of ether oxygens (including phenoxy) is 1.